The summed E-state index contributed by atoms with van der Waals surface area (Å²) in [4.78, 5) is 166. The summed E-state index contributed by atoms with van der Waals surface area (Å²) in [7, 11) is 0. The average molecular weight is 1380 g/mol. The predicted octanol–water partition coefficient (Wildman–Crippen LogP) is -2.39. The van der Waals surface area contributed by atoms with E-state index in [1.807, 2.05) is 0 Å². The Balaban J connectivity index is 0.793. The number of unbranched alkanes of at least 4 members (excludes halogenated alkanes) is 2. The summed E-state index contributed by atoms with van der Waals surface area (Å²) < 4.78 is 33.7. The monoisotopic (exact) mass is 1380 g/mol. The zero-order chi connectivity index (χ0) is 71.8. The molecule has 1 fully saturated rings. The van der Waals surface area contributed by atoms with E-state index in [0.29, 0.717) is 75.8 Å². The molecule has 9 atom stereocenters. The lowest BCUT2D eigenvalue weighted by atomic mass is 9.81. The Kier molecular flexibility index (Phi) is 23.6. The molecular formula is C67H82FN11O20. The Morgan fingerprint density at radius 1 is 0.848 bits per heavy atom. The van der Waals surface area contributed by atoms with Crippen LogP contribution in [-0.2, 0) is 98.5 Å². The number of aliphatic hydroxyl groups is 5. The SMILES string of the molecule is CC[C@@]1(O)C(=O)OCc2c1cc1n(c2=O)Cc2c-1nc1cc(F)c(C)c3c1c2[C@@H](NC(=O)C(C)(C)COCNC(=O)CNC(=O)[C@H](Cc1ccccc1)NC(=O)CNC(=O)CN(C[C@@H]1O[C@H](CO)[C@@H](O)[C@H](O)[C@H]1O)C(=O)[C@H](CCC(N)=O)NC(=O)CCCCCN1C(=O)C=CC1=O)CC3. The molecule has 99 heavy (non-hydrogen) atoms. The van der Waals surface area contributed by atoms with Gasteiger partial charge in [0.2, 0.25) is 47.3 Å². The van der Waals surface area contributed by atoms with E-state index < -0.39 is 182 Å². The maximum Gasteiger partial charge on any atom is 0.343 e. The lowest BCUT2D eigenvalue weighted by Crippen LogP contribution is -2.62. The van der Waals surface area contributed by atoms with Gasteiger partial charge in [-0.05, 0) is 87.6 Å². The van der Waals surface area contributed by atoms with Gasteiger partial charge in [0.05, 0.1) is 79.9 Å². The first-order chi connectivity index (χ1) is 47.0. The van der Waals surface area contributed by atoms with Crippen molar-refractivity contribution in [2.45, 2.75) is 159 Å². The number of pyridine rings is 2. The Morgan fingerprint density at radius 3 is 2.24 bits per heavy atom. The summed E-state index contributed by atoms with van der Waals surface area (Å²) in [6.45, 7) is 1.75. The Morgan fingerprint density at radius 2 is 1.55 bits per heavy atom. The molecule has 32 heteroatoms. The van der Waals surface area contributed by atoms with Gasteiger partial charge in [-0.15, -0.1) is 0 Å². The second-order valence-corrected chi connectivity index (χ2v) is 25.8. The molecule has 4 aromatic rings. The number of esters is 1. The molecule has 0 unspecified atom stereocenters. The molecule has 532 valence electrons. The summed E-state index contributed by atoms with van der Waals surface area (Å²) in [5.74, 6) is -8.79. The van der Waals surface area contributed by atoms with Crippen molar-refractivity contribution in [2.75, 3.05) is 52.7 Å². The number of carbonyl (C=O) groups is 11. The average Bonchev–Trinajstić information content (AvgIpc) is 1.64. The maximum atomic E-state index is 15.6. The van der Waals surface area contributed by atoms with Gasteiger partial charge >= 0.3 is 5.97 Å². The number of carbonyl (C=O) groups excluding carboxylic acids is 11. The van der Waals surface area contributed by atoms with Gasteiger partial charge < -0.3 is 86.8 Å². The summed E-state index contributed by atoms with van der Waals surface area (Å²) in [5, 5.41) is 69.5. The first kappa shape index (κ1) is 73.8. The first-order valence-corrected chi connectivity index (χ1v) is 32.6. The minimum absolute atomic E-state index is 0.0246. The molecule has 2 aromatic carbocycles. The zero-order valence-corrected chi connectivity index (χ0v) is 55.1. The number of halogens is 1. The van der Waals surface area contributed by atoms with Gasteiger partial charge in [-0.1, -0.05) is 43.7 Å². The molecule has 10 amide bonds. The normalized spacial score (nSPS) is 21.2. The number of benzene rings is 2. The number of primary amides is 1. The fourth-order valence-corrected chi connectivity index (χ4v) is 12.8. The molecule has 5 aliphatic rings. The molecule has 4 aliphatic heterocycles. The lowest BCUT2D eigenvalue weighted by molar-refractivity contribution is -0.232. The number of cyclic esters (lactones) is 1. The van der Waals surface area contributed by atoms with E-state index in [-0.39, 0.29) is 69.5 Å². The third-order valence-corrected chi connectivity index (χ3v) is 18.5. The van der Waals surface area contributed by atoms with E-state index >= 15 is 4.39 Å². The summed E-state index contributed by atoms with van der Waals surface area (Å²) in [6.07, 6.45) is -5.74. The van der Waals surface area contributed by atoms with Crippen LogP contribution < -0.4 is 43.2 Å². The van der Waals surface area contributed by atoms with E-state index in [9.17, 15) is 83.1 Å². The first-order valence-electron chi connectivity index (χ1n) is 32.6. The van der Waals surface area contributed by atoms with Crippen LogP contribution in [0.5, 0.6) is 0 Å². The van der Waals surface area contributed by atoms with Crippen LogP contribution in [0.4, 0.5) is 4.39 Å². The van der Waals surface area contributed by atoms with E-state index in [0.717, 1.165) is 22.0 Å². The number of aryl methyl sites for hydroxylation is 1. The number of fused-ring (bicyclic) bond motifs is 5. The van der Waals surface area contributed by atoms with Gasteiger partial charge in [-0.25, -0.2) is 14.2 Å². The van der Waals surface area contributed by atoms with Crippen molar-refractivity contribution in [1.82, 2.24) is 51.3 Å². The van der Waals surface area contributed by atoms with Crippen molar-refractivity contribution in [1.29, 1.82) is 0 Å². The Labute approximate surface area is 566 Å². The van der Waals surface area contributed by atoms with Crippen LogP contribution in [0.3, 0.4) is 0 Å². The van der Waals surface area contributed by atoms with Crippen LogP contribution in [-0.4, -0.2) is 205 Å². The van der Waals surface area contributed by atoms with Crippen molar-refractivity contribution < 1.29 is 96.9 Å². The molecule has 6 heterocycles. The highest BCUT2D eigenvalue weighted by Gasteiger charge is 2.48. The number of aliphatic hydroxyl groups excluding tert-OH is 4. The second kappa shape index (κ2) is 31.6. The molecular weight excluding hydrogens is 1300 g/mol. The molecule has 13 N–H and O–H groups in total. The smallest absolute Gasteiger partial charge is 0.343 e. The van der Waals surface area contributed by atoms with E-state index in [4.69, 9.17) is 24.9 Å². The zero-order valence-electron chi connectivity index (χ0n) is 55.1. The van der Waals surface area contributed by atoms with Gasteiger partial charge in [-0.3, -0.25) is 57.6 Å². The van der Waals surface area contributed by atoms with Gasteiger partial charge in [-0.2, -0.15) is 0 Å². The highest BCUT2D eigenvalue weighted by molar-refractivity contribution is 6.13. The molecule has 0 saturated carbocycles. The third kappa shape index (κ3) is 16.7. The summed E-state index contributed by atoms with van der Waals surface area (Å²) in [5.41, 5.74) is 5.70. The molecule has 9 rings (SSSR count). The molecule has 31 nitrogen and oxygen atoms in total. The number of nitrogens with one attached hydrogen (secondary N) is 6. The number of ether oxygens (including phenoxy) is 3. The number of aromatic nitrogens is 2. The highest BCUT2D eigenvalue weighted by Crippen LogP contribution is 2.46. The van der Waals surface area contributed by atoms with Gasteiger partial charge in [0, 0.05) is 60.5 Å². The molecule has 0 spiro atoms. The molecule has 1 saturated heterocycles. The fraction of sp³-hybridized carbons (Fsp3) is 0.507. The van der Waals surface area contributed by atoms with Crippen LogP contribution in [0, 0.1) is 18.2 Å². The Bertz CT molecular complexity index is 3920. The van der Waals surface area contributed by atoms with Crippen LogP contribution in [0.1, 0.15) is 117 Å². The maximum absolute atomic E-state index is 15.6. The minimum Gasteiger partial charge on any atom is -0.458 e. The number of rotatable bonds is 31. The summed E-state index contributed by atoms with van der Waals surface area (Å²) >= 11 is 0. The van der Waals surface area contributed by atoms with E-state index in [1.165, 1.54) is 10.6 Å². The van der Waals surface area contributed by atoms with Gasteiger partial charge in [0.1, 0.15) is 61.8 Å². The van der Waals surface area contributed by atoms with Crippen molar-refractivity contribution in [3.05, 3.63) is 110 Å². The molecule has 1 aliphatic carbocycles. The van der Waals surface area contributed by atoms with Crippen LogP contribution >= 0.6 is 0 Å². The molecule has 2 aromatic heterocycles. The van der Waals surface area contributed by atoms with Crippen molar-refractivity contribution in [3.63, 3.8) is 0 Å². The van der Waals surface area contributed by atoms with Crippen molar-refractivity contribution >= 4 is 75.9 Å². The molecule has 0 radical (unpaired) electrons. The number of nitrogens with zero attached hydrogens (tertiary/aromatic N) is 4. The minimum atomic E-state index is -2.09. The van der Waals surface area contributed by atoms with Crippen molar-refractivity contribution in [2.24, 2.45) is 11.1 Å². The van der Waals surface area contributed by atoms with Crippen molar-refractivity contribution in [3.8, 4) is 11.4 Å². The quantitative estimate of drug-likeness (QED) is 0.00953. The second-order valence-electron chi connectivity index (χ2n) is 25.8. The Hall–Kier alpha value is -9.44. The highest BCUT2D eigenvalue weighted by atomic mass is 19.1. The van der Waals surface area contributed by atoms with Crippen LogP contribution in [0.25, 0.3) is 22.3 Å². The topological polar surface area (TPSA) is 456 Å². The standard InChI is InChI=1S/C67H82FN11O20/c1-5-67(96)39-23-45-57-37(27-79(45)62(92)38(39)31-98-65(67)95)56-41(16-15-36-34(2)40(68)24-43(75-57)55(36)56)76-64(94)66(3,4)32-97-33-72-50(83)25-71-61(91)44(22-35-12-8-6-9-13-35)74-51(84)26-70-52(85)29-77(28-46-58(88)60(90)59(89)47(30-80)99-46)63(93)42(17-18-48(69)81)73-49(82)14-10-7-11-21-78-53(86)19-20-54(78)87/h6,8-9,12-13,19-20,23-24,41-42,44,46-47,58-60,80,88-90,96H,5,7,10-11,14-18,21-22,25-33H2,1-4H3,(H2,69,81)(H,70,85)(H,71,91)(H,72,83)(H,73,82)(H,74,84)(H,76,94)/t41-,42-,44-,46-,47+,58-,59+,60+,67-/m0/s1. The summed E-state index contributed by atoms with van der Waals surface area (Å²) in [6, 6.07) is 7.75. The van der Waals surface area contributed by atoms with Crippen LogP contribution in [0.15, 0.2) is 59.4 Å². The fourth-order valence-electron chi connectivity index (χ4n) is 12.8. The van der Waals surface area contributed by atoms with Gasteiger partial charge in [0.25, 0.3) is 17.4 Å². The van der Waals surface area contributed by atoms with Gasteiger partial charge in [0.15, 0.2) is 5.60 Å². The predicted molar refractivity (Wildman–Crippen MR) is 344 cm³/mol. The third-order valence-electron chi connectivity index (χ3n) is 18.5. The number of imide groups is 1. The van der Waals surface area contributed by atoms with E-state index in [1.54, 1.807) is 64.1 Å². The number of amides is 10. The number of nitrogens with two attached hydrogens (primary N) is 1. The molecule has 0 bridgehead atoms. The number of hydrogen-bond acceptors (Lipinski definition) is 21. The number of hydrogen-bond donors (Lipinski definition) is 12. The largest absolute Gasteiger partial charge is 0.458 e. The lowest BCUT2D eigenvalue weighted by Gasteiger charge is -2.42. The van der Waals surface area contributed by atoms with E-state index in [2.05, 4.69) is 31.9 Å². The van der Waals surface area contributed by atoms with Crippen LogP contribution in [0.2, 0.25) is 0 Å².